The lowest BCUT2D eigenvalue weighted by atomic mass is 10.3. The molecule has 0 atom stereocenters. The standard InChI is InChI=1S/C13H15N3O2S.ClHO4/c1-10-15-13(14)11(8-16(10)2)9-19(17,18)12-6-4-3-5-7-12;2-1(3,4)5/h3-8,14H,9H2,1-2H3;(H,2,3,4,5). The smallest absolute Gasteiger partial charge is 0.297 e. The van der Waals surface area contributed by atoms with Crippen LogP contribution in [0.25, 0.3) is 0 Å². The van der Waals surface area contributed by atoms with Crippen molar-refractivity contribution >= 4 is 15.7 Å². The van der Waals surface area contributed by atoms with Crippen LogP contribution >= 0.6 is 0 Å². The molecular formula is C13H16ClN3O6S. The molecule has 0 radical (unpaired) electrons. The number of sulfone groups is 1. The number of aryl methyl sites for hydroxylation is 2. The maximum atomic E-state index is 12.3. The molecule has 2 N–H and O–H groups in total. The fourth-order valence-corrected chi connectivity index (χ4v) is 3.12. The van der Waals surface area contributed by atoms with Crippen molar-refractivity contribution in [1.29, 1.82) is 0 Å². The highest BCUT2D eigenvalue weighted by atomic mass is 35.7. The van der Waals surface area contributed by atoms with Crippen LogP contribution in [0, 0.1) is 17.2 Å². The number of aromatic nitrogens is 2. The van der Waals surface area contributed by atoms with E-state index in [4.69, 9.17) is 24.4 Å². The second-order valence-corrected chi connectivity index (χ2v) is 7.51. The number of benzene rings is 1. The molecule has 0 spiro atoms. The fraction of sp³-hybridized carbons (Fsp3) is 0.231. The van der Waals surface area contributed by atoms with Crippen molar-refractivity contribution in [2.75, 3.05) is 5.73 Å². The van der Waals surface area contributed by atoms with Gasteiger partial charge >= 0.3 is 0 Å². The van der Waals surface area contributed by atoms with Crippen LogP contribution in [0.5, 0.6) is 0 Å². The van der Waals surface area contributed by atoms with Gasteiger partial charge in [0.05, 0.1) is 23.3 Å². The lowest BCUT2D eigenvalue weighted by Gasteiger charge is -2.17. The van der Waals surface area contributed by atoms with Crippen LogP contribution in [0.15, 0.2) is 41.4 Å². The van der Waals surface area contributed by atoms with Crippen molar-refractivity contribution in [3.63, 3.8) is 0 Å². The molecule has 9 nitrogen and oxygen atoms in total. The molecule has 2 aromatic rings. The Hall–Kier alpha value is -1.82. The number of hydrogen-bond donors (Lipinski definition) is 1. The Labute approximate surface area is 141 Å². The quantitative estimate of drug-likeness (QED) is 0.527. The molecule has 2 rings (SSSR count). The summed E-state index contributed by atoms with van der Waals surface area (Å²) >= 11 is 0. The number of nitrogens with two attached hydrogens (primary N) is 1. The molecule has 0 bridgehead atoms. The summed E-state index contributed by atoms with van der Waals surface area (Å²) in [6.45, 7) is 1.81. The largest absolute Gasteiger partial charge is 0.363 e. The topological polar surface area (TPSA) is 169 Å². The summed E-state index contributed by atoms with van der Waals surface area (Å²) in [4.78, 5) is 4.42. The van der Waals surface area contributed by atoms with Crippen molar-refractivity contribution in [3.05, 3.63) is 47.9 Å². The van der Waals surface area contributed by atoms with Gasteiger partial charge in [-0.15, -0.1) is 10.2 Å². The molecule has 1 aromatic carbocycles. The Balaban J connectivity index is 0.000000505. The van der Waals surface area contributed by atoms with E-state index in [1.807, 2.05) is 6.92 Å². The maximum Gasteiger partial charge on any atom is 0.297 e. The van der Waals surface area contributed by atoms with Gasteiger partial charge in [-0.25, -0.2) is 31.6 Å². The molecular weight excluding hydrogens is 362 g/mol. The highest BCUT2D eigenvalue weighted by Crippen LogP contribution is 2.17. The average Bonchev–Trinajstić information content (AvgIpc) is 2.44. The third kappa shape index (κ3) is 6.74. The second kappa shape index (κ2) is 7.83. The zero-order valence-corrected chi connectivity index (χ0v) is 14.5. The molecule has 1 heterocycles. The summed E-state index contributed by atoms with van der Waals surface area (Å²) in [5.74, 6) is 0.845. The maximum absolute atomic E-state index is 12.3. The van der Waals surface area contributed by atoms with Crippen LogP contribution in [0.2, 0.25) is 0 Å². The summed E-state index contributed by atoms with van der Waals surface area (Å²) in [5, 5.41) is 0. The predicted octanol–water partition coefficient (Wildman–Crippen LogP) is -3.99. The van der Waals surface area contributed by atoms with Crippen molar-refractivity contribution in [2.24, 2.45) is 7.05 Å². The van der Waals surface area contributed by atoms with Gasteiger partial charge in [-0.1, -0.05) is 18.2 Å². The molecule has 0 saturated carbocycles. The van der Waals surface area contributed by atoms with Crippen LogP contribution in [-0.2, 0) is 22.6 Å². The number of nitrogens with zero attached hydrogens (tertiary/aromatic N) is 2. The molecule has 0 aliphatic carbocycles. The number of nitrogen functional groups attached to an aromatic ring is 1. The lowest BCUT2D eigenvalue weighted by Crippen LogP contribution is -2.68. The van der Waals surface area contributed by atoms with Crippen LogP contribution in [0.1, 0.15) is 11.4 Å². The van der Waals surface area contributed by atoms with Crippen molar-refractivity contribution in [2.45, 2.75) is 17.6 Å². The van der Waals surface area contributed by atoms with Crippen LogP contribution in [-0.4, -0.2) is 13.4 Å². The third-order valence-corrected chi connectivity index (χ3v) is 4.60. The molecule has 24 heavy (non-hydrogen) atoms. The Morgan fingerprint density at radius 2 is 1.67 bits per heavy atom. The first-order valence-electron chi connectivity index (χ1n) is 6.41. The van der Waals surface area contributed by atoms with Crippen molar-refractivity contribution in [3.8, 4) is 0 Å². The van der Waals surface area contributed by atoms with E-state index in [0.29, 0.717) is 5.56 Å². The molecule has 0 amide bonds. The molecule has 0 unspecified atom stereocenters. The predicted molar refractivity (Wildman–Crippen MR) is 71.9 cm³/mol. The number of anilines is 1. The monoisotopic (exact) mass is 377 g/mol. The summed E-state index contributed by atoms with van der Waals surface area (Å²) in [5.41, 5.74) is 6.30. The summed E-state index contributed by atoms with van der Waals surface area (Å²) in [7, 11) is -6.54. The molecule has 0 fully saturated rings. The van der Waals surface area contributed by atoms with E-state index in [0.717, 1.165) is 5.82 Å². The van der Waals surface area contributed by atoms with Crippen molar-refractivity contribution < 1.29 is 41.9 Å². The van der Waals surface area contributed by atoms with Gasteiger partial charge in [-0.3, -0.25) is 0 Å². The number of rotatable bonds is 3. The zero-order chi connectivity index (χ0) is 18.5. The van der Waals surface area contributed by atoms with E-state index in [2.05, 4.69) is 4.98 Å². The zero-order valence-electron chi connectivity index (χ0n) is 12.9. The Morgan fingerprint density at radius 3 is 2.17 bits per heavy atom. The van der Waals surface area contributed by atoms with E-state index in [1.165, 1.54) is 0 Å². The lowest BCUT2D eigenvalue weighted by molar-refractivity contribution is -2.00. The van der Waals surface area contributed by atoms with E-state index >= 15 is 0 Å². The number of halogens is 1. The van der Waals surface area contributed by atoms with Gasteiger partial charge in [0.1, 0.15) is 6.20 Å². The summed E-state index contributed by atoms with van der Waals surface area (Å²) < 4.78 is 60.2. The average molecular weight is 378 g/mol. The highest BCUT2D eigenvalue weighted by molar-refractivity contribution is 7.90. The van der Waals surface area contributed by atoms with Gasteiger partial charge in [0.25, 0.3) is 5.82 Å². The Bertz CT molecular complexity index is 787. The molecule has 11 heteroatoms. The molecule has 1 aromatic heterocycles. The van der Waals surface area contributed by atoms with Gasteiger partial charge in [-0.2, -0.15) is 0 Å². The first-order chi connectivity index (χ1) is 10.9. The van der Waals surface area contributed by atoms with Crippen LogP contribution in [0.4, 0.5) is 5.82 Å². The van der Waals surface area contributed by atoms with E-state index in [1.54, 1.807) is 48.1 Å². The van der Waals surface area contributed by atoms with Gasteiger partial charge in [-0.05, 0) is 17.1 Å². The van der Waals surface area contributed by atoms with Gasteiger partial charge in [0.2, 0.25) is 5.82 Å². The number of hydrogen-bond acceptors (Lipinski definition) is 8. The minimum atomic E-state index is -4.94. The minimum Gasteiger partial charge on any atom is -0.363 e. The molecule has 0 aliphatic heterocycles. The van der Waals surface area contributed by atoms with Gasteiger partial charge in [0, 0.05) is 6.92 Å². The Kier molecular flexibility index (Phi) is 6.60. The van der Waals surface area contributed by atoms with E-state index in [-0.39, 0.29) is 16.5 Å². The summed E-state index contributed by atoms with van der Waals surface area (Å²) in [6.07, 6.45) is 1.71. The Morgan fingerprint density at radius 1 is 1.17 bits per heavy atom. The van der Waals surface area contributed by atoms with E-state index < -0.39 is 20.1 Å². The fourth-order valence-electron chi connectivity index (χ4n) is 1.75. The van der Waals surface area contributed by atoms with Crippen LogP contribution < -0.4 is 28.9 Å². The highest BCUT2D eigenvalue weighted by Gasteiger charge is 2.21. The van der Waals surface area contributed by atoms with E-state index in [9.17, 15) is 8.42 Å². The molecule has 132 valence electrons. The first kappa shape index (κ1) is 20.2. The second-order valence-electron chi connectivity index (χ2n) is 4.76. The first-order valence-corrected chi connectivity index (χ1v) is 9.30. The summed E-state index contributed by atoms with van der Waals surface area (Å²) in [6, 6.07) is 8.33. The SMILES string of the molecule is Cc1nc(N)c(CS(=O)(=O)c2ccccc2)c[n+]1C.[O-][Cl+3]([O-])([O-])[O-]. The normalized spacial score (nSPS) is 11.6. The molecule has 0 saturated heterocycles. The van der Waals surface area contributed by atoms with Gasteiger partial charge < -0.3 is 5.73 Å². The minimum absolute atomic E-state index is 0.149. The van der Waals surface area contributed by atoms with Crippen molar-refractivity contribution in [1.82, 2.24) is 4.98 Å². The molecule has 0 aliphatic rings. The third-order valence-electron chi connectivity index (χ3n) is 2.92. The van der Waals surface area contributed by atoms with Crippen LogP contribution in [0.3, 0.4) is 0 Å². The van der Waals surface area contributed by atoms with Gasteiger partial charge in [0.15, 0.2) is 9.84 Å².